The molecule has 2 aliphatic heterocycles. The molecule has 0 aliphatic carbocycles. The van der Waals surface area contributed by atoms with Crippen molar-refractivity contribution >= 4 is 11.8 Å². The summed E-state index contributed by atoms with van der Waals surface area (Å²) < 4.78 is 50.4. The predicted molar refractivity (Wildman–Crippen MR) is 114 cm³/mol. The van der Waals surface area contributed by atoms with Crippen LogP contribution < -0.4 is 14.8 Å². The van der Waals surface area contributed by atoms with Crippen LogP contribution in [0.2, 0.25) is 0 Å². The lowest BCUT2D eigenvalue weighted by molar-refractivity contribution is -0.137. The number of ether oxygens (including phenoxy) is 2. The molecule has 6 nitrogen and oxygen atoms in total. The number of likely N-dealkylation sites (tertiary alicyclic amines) is 1. The van der Waals surface area contributed by atoms with E-state index in [0.717, 1.165) is 17.7 Å². The van der Waals surface area contributed by atoms with Crippen molar-refractivity contribution in [2.45, 2.75) is 32.5 Å². The highest BCUT2D eigenvalue weighted by molar-refractivity contribution is 5.84. The number of hydrogen-bond acceptors (Lipinski definition) is 4. The number of alkyl halides is 3. The van der Waals surface area contributed by atoms with Crippen LogP contribution in [0.3, 0.4) is 0 Å². The fourth-order valence-electron chi connectivity index (χ4n) is 4.27. The lowest BCUT2D eigenvalue weighted by atomic mass is 9.87. The van der Waals surface area contributed by atoms with Crippen molar-refractivity contribution in [2.75, 3.05) is 19.9 Å². The second-order valence-electron chi connectivity index (χ2n) is 8.64. The van der Waals surface area contributed by atoms with Crippen LogP contribution in [0.15, 0.2) is 42.5 Å². The highest BCUT2D eigenvalue weighted by atomic mass is 19.4. The molecule has 2 atom stereocenters. The van der Waals surface area contributed by atoms with Gasteiger partial charge in [-0.25, -0.2) is 0 Å². The average molecular weight is 462 g/mol. The Bertz CT molecular complexity index is 1050. The number of rotatable bonds is 5. The van der Waals surface area contributed by atoms with Crippen LogP contribution in [0.25, 0.3) is 0 Å². The molecule has 2 aromatic carbocycles. The molecule has 0 bridgehead atoms. The Kier molecular flexibility index (Phi) is 6.23. The maximum absolute atomic E-state index is 13.3. The van der Waals surface area contributed by atoms with Gasteiger partial charge in [0.05, 0.1) is 11.5 Å². The average Bonchev–Trinajstić information content (AvgIpc) is 3.43. The zero-order valence-corrected chi connectivity index (χ0v) is 18.3. The van der Waals surface area contributed by atoms with Crippen molar-refractivity contribution in [1.82, 2.24) is 10.2 Å². The molecule has 2 aliphatic rings. The van der Waals surface area contributed by atoms with Gasteiger partial charge in [-0.2, -0.15) is 13.2 Å². The third kappa shape index (κ3) is 4.91. The highest BCUT2D eigenvalue weighted by Crippen LogP contribution is 2.37. The van der Waals surface area contributed by atoms with Crippen LogP contribution in [0, 0.1) is 11.8 Å². The molecular weight excluding hydrogens is 437 g/mol. The molecule has 2 aromatic rings. The highest BCUT2D eigenvalue weighted by Gasteiger charge is 2.41. The molecule has 9 heteroatoms. The number of carbonyl (C=O) groups is 2. The Morgan fingerprint density at radius 3 is 2.58 bits per heavy atom. The number of nitrogens with one attached hydrogen (secondary N) is 1. The quantitative estimate of drug-likeness (QED) is 0.731. The molecular formula is C24H25F3N2O4. The van der Waals surface area contributed by atoms with Gasteiger partial charge in [-0.15, -0.1) is 0 Å². The first-order valence-corrected chi connectivity index (χ1v) is 10.8. The van der Waals surface area contributed by atoms with E-state index in [1.807, 2.05) is 0 Å². The van der Waals surface area contributed by atoms with E-state index in [0.29, 0.717) is 17.1 Å². The molecule has 176 valence electrons. The Morgan fingerprint density at radius 2 is 1.85 bits per heavy atom. The smallest absolute Gasteiger partial charge is 0.416 e. The van der Waals surface area contributed by atoms with Gasteiger partial charge in [-0.1, -0.05) is 38.1 Å². The lowest BCUT2D eigenvalue weighted by Gasteiger charge is -2.19. The summed E-state index contributed by atoms with van der Waals surface area (Å²) in [5, 5.41) is 2.87. The summed E-state index contributed by atoms with van der Waals surface area (Å²) >= 11 is 0. The summed E-state index contributed by atoms with van der Waals surface area (Å²) in [6.07, 6.45) is -4.49. The molecule has 1 fully saturated rings. The summed E-state index contributed by atoms with van der Waals surface area (Å²) in [5.41, 5.74) is 0.427. The first kappa shape index (κ1) is 22.9. The number of benzene rings is 2. The number of fused-ring (bicyclic) bond motifs is 1. The normalized spacial score (nSPS) is 19.8. The van der Waals surface area contributed by atoms with Crippen molar-refractivity contribution in [3.63, 3.8) is 0 Å². The SMILES string of the molecule is CC(C)C(=O)N1CC(C(=O)NCc2ccc3c(c2)OCO3)C(c2cccc(C(F)(F)F)c2)C1. The van der Waals surface area contributed by atoms with E-state index in [9.17, 15) is 22.8 Å². The fourth-order valence-corrected chi connectivity index (χ4v) is 4.27. The van der Waals surface area contributed by atoms with E-state index in [4.69, 9.17) is 9.47 Å². The van der Waals surface area contributed by atoms with Gasteiger partial charge >= 0.3 is 6.18 Å². The summed E-state index contributed by atoms with van der Waals surface area (Å²) in [6, 6.07) is 10.3. The third-order valence-corrected chi connectivity index (χ3v) is 6.01. The van der Waals surface area contributed by atoms with Crippen LogP contribution in [-0.2, 0) is 22.3 Å². The van der Waals surface area contributed by atoms with Crippen molar-refractivity contribution in [3.8, 4) is 11.5 Å². The van der Waals surface area contributed by atoms with Gasteiger partial charge in [0.25, 0.3) is 0 Å². The summed E-state index contributed by atoms with van der Waals surface area (Å²) in [7, 11) is 0. The number of amides is 2. The standard InChI is InChI=1S/C24H25F3N2O4/c1-14(2)23(31)29-11-18(16-4-3-5-17(9-16)24(25,26)27)19(12-29)22(30)28-10-15-6-7-20-21(8-15)33-13-32-20/h3-9,14,18-19H,10-13H2,1-2H3,(H,28,30). The molecule has 2 unspecified atom stereocenters. The molecule has 1 saturated heterocycles. The van der Waals surface area contributed by atoms with Gasteiger partial charge in [0, 0.05) is 31.5 Å². The van der Waals surface area contributed by atoms with Crippen molar-refractivity contribution in [2.24, 2.45) is 11.8 Å². The van der Waals surface area contributed by atoms with Crippen LogP contribution in [-0.4, -0.2) is 36.6 Å². The maximum Gasteiger partial charge on any atom is 0.416 e. The lowest BCUT2D eigenvalue weighted by Crippen LogP contribution is -2.36. The third-order valence-electron chi connectivity index (χ3n) is 6.01. The zero-order valence-electron chi connectivity index (χ0n) is 18.3. The number of carbonyl (C=O) groups excluding carboxylic acids is 2. The minimum absolute atomic E-state index is 0.127. The zero-order chi connectivity index (χ0) is 23.8. The number of hydrogen-bond donors (Lipinski definition) is 1. The Balaban J connectivity index is 1.54. The van der Waals surface area contributed by atoms with Crippen LogP contribution >= 0.6 is 0 Å². The van der Waals surface area contributed by atoms with E-state index < -0.39 is 23.6 Å². The van der Waals surface area contributed by atoms with E-state index in [2.05, 4.69) is 5.32 Å². The van der Waals surface area contributed by atoms with Crippen molar-refractivity contribution in [3.05, 3.63) is 59.2 Å². The number of nitrogens with zero attached hydrogens (tertiary/aromatic N) is 1. The predicted octanol–water partition coefficient (Wildman–Crippen LogP) is 3.95. The van der Waals surface area contributed by atoms with Crippen molar-refractivity contribution < 1.29 is 32.2 Å². The first-order valence-electron chi connectivity index (χ1n) is 10.8. The Hall–Kier alpha value is -3.23. The van der Waals surface area contributed by atoms with E-state index in [1.165, 1.54) is 6.07 Å². The molecule has 4 rings (SSSR count). The molecule has 33 heavy (non-hydrogen) atoms. The van der Waals surface area contributed by atoms with Crippen LogP contribution in [0.5, 0.6) is 11.5 Å². The van der Waals surface area contributed by atoms with Gasteiger partial charge in [-0.05, 0) is 29.3 Å². The molecule has 2 amide bonds. The summed E-state index contributed by atoms with van der Waals surface area (Å²) in [4.78, 5) is 27.3. The minimum atomic E-state index is -4.49. The second kappa shape index (κ2) is 8.96. The molecule has 0 aromatic heterocycles. The minimum Gasteiger partial charge on any atom is -0.454 e. The van der Waals surface area contributed by atoms with E-state index >= 15 is 0 Å². The second-order valence-corrected chi connectivity index (χ2v) is 8.64. The molecule has 1 N–H and O–H groups in total. The summed E-state index contributed by atoms with van der Waals surface area (Å²) in [5.74, 6) is -0.682. The van der Waals surface area contributed by atoms with Gasteiger partial charge in [0.2, 0.25) is 18.6 Å². The maximum atomic E-state index is 13.3. The Labute approximate surface area is 189 Å². The van der Waals surface area contributed by atoms with Crippen LogP contribution in [0.4, 0.5) is 13.2 Å². The van der Waals surface area contributed by atoms with Gasteiger partial charge < -0.3 is 19.7 Å². The summed E-state index contributed by atoms with van der Waals surface area (Å²) in [6.45, 7) is 4.24. The largest absolute Gasteiger partial charge is 0.454 e. The van der Waals surface area contributed by atoms with Gasteiger partial charge in [0.15, 0.2) is 11.5 Å². The van der Waals surface area contributed by atoms with Gasteiger partial charge in [-0.3, -0.25) is 9.59 Å². The topological polar surface area (TPSA) is 67.9 Å². The fraction of sp³-hybridized carbons (Fsp3) is 0.417. The monoisotopic (exact) mass is 462 g/mol. The molecule has 0 saturated carbocycles. The van der Waals surface area contributed by atoms with Gasteiger partial charge in [0.1, 0.15) is 0 Å². The first-order chi connectivity index (χ1) is 15.6. The molecule has 0 spiro atoms. The molecule has 0 radical (unpaired) electrons. The van der Waals surface area contributed by atoms with Crippen LogP contribution in [0.1, 0.15) is 36.5 Å². The van der Waals surface area contributed by atoms with E-state index in [-0.39, 0.29) is 44.2 Å². The van der Waals surface area contributed by atoms with E-state index in [1.54, 1.807) is 43.0 Å². The Morgan fingerprint density at radius 1 is 1.09 bits per heavy atom. The number of halogens is 3. The molecule has 2 heterocycles. The van der Waals surface area contributed by atoms with Crippen molar-refractivity contribution in [1.29, 1.82) is 0 Å².